The Labute approximate surface area is 132 Å². The van der Waals surface area contributed by atoms with Gasteiger partial charge in [-0.3, -0.25) is 4.79 Å². The number of carbonyl (C=O) groups excluding carboxylic acids is 1. The summed E-state index contributed by atoms with van der Waals surface area (Å²) >= 11 is 0. The maximum atomic E-state index is 12.3. The average Bonchev–Trinajstić information content (AvgIpc) is 2.41. The van der Waals surface area contributed by atoms with Crippen molar-refractivity contribution in [3.63, 3.8) is 0 Å². The van der Waals surface area contributed by atoms with Crippen LogP contribution in [-0.4, -0.2) is 30.3 Å². The minimum Gasteiger partial charge on any atom is -0.828 e. The molecule has 1 aromatic carbocycles. The highest BCUT2D eigenvalue weighted by molar-refractivity contribution is 5.81. The lowest BCUT2D eigenvalue weighted by Crippen LogP contribution is -2.71. The van der Waals surface area contributed by atoms with Crippen LogP contribution in [0, 0.1) is 0 Å². The smallest absolute Gasteiger partial charge is 0.573 e. The Balaban J connectivity index is 2.85. The number of carbonyl (C=O) groups is 1. The number of benzene rings is 1. The quantitative estimate of drug-likeness (QED) is 0.591. The van der Waals surface area contributed by atoms with E-state index in [0.29, 0.717) is 12.1 Å². The molecule has 0 radical (unpaired) electrons. The average molecular weight is 385 g/mol. The molecule has 0 heterocycles. The van der Waals surface area contributed by atoms with Crippen molar-refractivity contribution in [2.45, 2.75) is 30.9 Å². The van der Waals surface area contributed by atoms with Crippen LogP contribution < -0.4 is 9.84 Å². The lowest BCUT2D eigenvalue weighted by Gasteiger charge is -2.40. The summed E-state index contributed by atoms with van der Waals surface area (Å²) in [6.07, 6.45) is -18.0. The van der Waals surface area contributed by atoms with Crippen LogP contribution >= 0.6 is 0 Å². The molecular formula is C12H6F9O4-. The molecular weight excluding hydrogens is 379 g/mol. The van der Waals surface area contributed by atoms with Gasteiger partial charge in [-0.05, 0) is 17.7 Å². The molecule has 0 unspecified atom stereocenters. The van der Waals surface area contributed by atoms with Gasteiger partial charge in [-0.2, -0.15) is 26.3 Å². The van der Waals surface area contributed by atoms with Crippen molar-refractivity contribution in [3.8, 4) is 5.75 Å². The van der Waals surface area contributed by atoms with E-state index in [0.717, 1.165) is 12.1 Å². The van der Waals surface area contributed by atoms with Gasteiger partial charge in [-0.1, -0.05) is 12.1 Å². The van der Waals surface area contributed by atoms with E-state index in [4.69, 9.17) is 0 Å². The van der Waals surface area contributed by atoms with Crippen LogP contribution in [0.3, 0.4) is 0 Å². The number of halogens is 9. The van der Waals surface area contributed by atoms with Crippen molar-refractivity contribution in [3.05, 3.63) is 29.8 Å². The first-order chi connectivity index (χ1) is 11.1. The van der Waals surface area contributed by atoms with Gasteiger partial charge in [0.1, 0.15) is 12.4 Å². The molecule has 0 aliphatic heterocycles. The number of rotatable bonds is 4. The fourth-order valence-electron chi connectivity index (χ4n) is 1.43. The molecule has 0 saturated heterocycles. The zero-order valence-electron chi connectivity index (χ0n) is 11.6. The molecule has 1 aromatic rings. The molecule has 0 aliphatic carbocycles. The van der Waals surface area contributed by atoms with E-state index in [1.165, 1.54) is 0 Å². The molecule has 0 fully saturated rings. The molecule has 142 valence electrons. The first-order valence-corrected chi connectivity index (χ1v) is 5.94. The number of ether oxygens (including phenoxy) is 2. The molecule has 0 amide bonds. The van der Waals surface area contributed by atoms with Gasteiger partial charge in [-0.25, -0.2) is 0 Å². The monoisotopic (exact) mass is 385 g/mol. The van der Waals surface area contributed by atoms with Crippen LogP contribution in [-0.2, 0) is 16.1 Å². The second-order valence-corrected chi connectivity index (χ2v) is 4.44. The summed E-state index contributed by atoms with van der Waals surface area (Å²) in [6, 6.07) is 2.91. The third kappa shape index (κ3) is 4.90. The summed E-state index contributed by atoms with van der Waals surface area (Å²) < 4.78 is 117. The van der Waals surface area contributed by atoms with Gasteiger partial charge < -0.3 is 14.6 Å². The van der Waals surface area contributed by atoms with E-state index in [2.05, 4.69) is 9.47 Å². The SMILES string of the molecule is O=C(OCc1ccc(OC(F)(F)F)cc1)C([O-])(C(F)(F)F)C(F)(F)F. The first-order valence-electron chi connectivity index (χ1n) is 5.94. The summed E-state index contributed by atoms with van der Waals surface area (Å²) in [6.45, 7) is -1.21. The van der Waals surface area contributed by atoms with Crippen LogP contribution in [0.15, 0.2) is 24.3 Å². The standard InChI is InChI=1S/C12H6F9O4/c13-10(14,15)9(23,11(16,17)18)8(22)24-5-6-1-3-7(4-2-6)25-12(19,20)21/h1-4H,5H2/q-1. The van der Waals surface area contributed by atoms with Crippen molar-refractivity contribution in [1.29, 1.82) is 0 Å². The van der Waals surface area contributed by atoms with Crippen molar-refractivity contribution in [2.75, 3.05) is 0 Å². The normalized spacial score (nSPS) is 13.5. The maximum absolute atomic E-state index is 12.3. The summed E-state index contributed by atoms with van der Waals surface area (Å²) in [5, 5.41) is 11.0. The number of hydrogen-bond acceptors (Lipinski definition) is 4. The van der Waals surface area contributed by atoms with Gasteiger partial charge >= 0.3 is 24.7 Å². The van der Waals surface area contributed by atoms with Gasteiger partial charge in [0.25, 0.3) is 0 Å². The van der Waals surface area contributed by atoms with E-state index < -0.39 is 42.6 Å². The largest absolute Gasteiger partial charge is 0.828 e. The van der Waals surface area contributed by atoms with Crippen LogP contribution in [0.25, 0.3) is 0 Å². The fraction of sp³-hybridized carbons (Fsp3) is 0.417. The van der Waals surface area contributed by atoms with Crippen molar-refractivity contribution >= 4 is 5.97 Å². The van der Waals surface area contributed by atoms with E-state index in [9.17, 15) is 49.4 Å². The predicted molar refractivity (Wildman–Crippen MR) is 57.8 cm³/mol. The summed E-state index contributed by atoms with van der Waals surface area (Å²) in [4.78, 5) is 11.0. The molecule has 4 nitrogen and oxygen atoms in total. The van der Waals surface area contributed by atoms with Crippen LogP contribution in [0.5, 0.6) is 5.75 Å². The van der Waals surface area contributed by atoms with Crippen LogP contribution in [0.4, 0.5) is 39.5 Å². The Morgan fingerprint density at radius 1 is 0.880 bits per heavy atom. The molecule has 0 aliphatic rings. The Kier molecular flexibility index (Phi) is 5.52. The number of hydrogen-bond donors (Lipinski definition) is 0. The molecule has 25 heavy (non-hydrogen) atoms. The van der Waals surface area contributed by atoms with E-state index >= 15 is 0 Å². The third-order valence-electron chi connectivity index (χ3n) is 2.61. The minimum absolute atomic E-state index is 0.283. The molecule has 0 saturated carbocycles. The second-order valence-electron chi connectivity index (χ2n) is 4.44. The van der Waals surface area contributed by atoms with Gasteiger partial charge in [0, 0.05) is 0 Å². The zero-order chi connectivity index (χ0) is 19.7. The summed E-state index contributed by atoms with van der Waals surface area (Å²) in [5.74, 6) is -3.87. The predicted octanol–water partition coefficient (Wildman–Crippen LogP) is 2.85. The van der Waals surface area contributed by atoms with E-state index in [1.54, 1.807) is 0 Å². The lowest BCUT2D eigenvalue weighted by atomic mass is 10.0. The van der Waals surface area contributed by atoms with Gasteiger partial charge in [0.05, 0.1) is 0 Å². The highest BCUT2D eigenvalue weighted by Crippen LogP contribution is 2.41. The van der Waals surface area contributed by atoms with Gasteiger partial charge in [-0.15, -0.1) is 13.2 Å². The molecule has 0 bridgehead atoms. The summed E-state index contributed by atoms with van der Waals surface area (Å²) in [7, 11) is 0. The summed E-state index contributed by atoms with van der Waals surface area (Å²) in [5.41, 5.74) is -6.27. The Hall–Kier alpha value is -2.18. The fourth-order valence-corrected chi connectivity index (χ4v) is 1.43. The topological polar surface area (TPSA) is 58.6 Å². The van der Waals surface area contributed by atoms with Crippen molar-refractivity contribution in [2.24, 2.45) is 0 Å². The Morgan fingerprint density at radius 3 is 1.68 bits per heavy atom. The van der Waals surface area contributed by atoms with E-state index in [-0.39, 0.29) is 5.56 Å². The maximum Gasteiger partial charge on any atom is 0.573 e. The number of esters is 1. The first kappa shape index (κ1) is 20.9. The Bertz CT molecular complexity index is 587. The lowest BCUT2D eigenvalue weighted by molar-refractivity contribution is -0.574. The molecule has 1 rings (SSSR count). The molecule has 0 N–H and O–H groups in total. The molecule has 0 aromatic heterocycles. The Morgan fingerprint density at radius 2 is 1.32 bits per heavy atom. The van der Waals surface area contributed by atoms with Crippen LogP contribution in [0.2, 0.25) is 0 Å². The second kappa shape index (κ2) is 6.61. The van der Waals surface area contributed by atoms with Crippen molar-refractivity contribution < 1.29 is 58.9 Å². The van der Waals surface area contributed by atoms with Gasteiger partial charge in [0.2, 0.25) is 0 Å². The molecule has 0 atom stereocenters. The third-order valence-corrected chi connectivity index (χ3v) is 2.61. The van der Waals surface area contributed by atoms with Crippen LogP contribution in [0.1, 0.15) is 5.56 Å². The molecule has 0 spiro atoms. The minimum atomic E-state index is -6.51. The highest BCUT2D eigenvalue weighted by Gasteiger charge is 2.68. The number of alkyl halides is 9. The highest BCUT2D eigenvalue weighted by atomic mass is 19.4. The van der Waals surface area contributed by atoms with Gasteiger partial charge in [0.15, 0.2) is 5.60 Å². The van der Waals surface area contributed by atoms with Crippen molar-refractivity contribution in [1.82, 2.24) is 0 Å². The zero-order valence-corrected chi connectivity index (χ0v) is 11.6. The molecule has 13 heteroatoms. The van der Waals surface area contributed by atoms with E-state index in [1.807, 2.05) is 0 Å².